The Hall–Kier alpha value is -1.14. The molecule has 17 heavy (non-hydrogen) atoms. The van der Waals surface area contributed by atoms with Crippen molar-refractivity contribution in [3.63, 3.8) is 0 Å². The van der Waals surface area contributed by atoms with Crippen LogP contribution in [0.25, 0.3) is 0 Å². The van der Waals surface area contributed by atoms with E-state index in [1.54, 1.807) is 20.0 Å². The topological polar surface area (TPSA) is 49.4 Å². The number of rotatable bonds is 5. The Morgan fingerprint density at radius 3 is 2.65 bits per heavy atom. The van der Waals surface area contributed by atoms with Crippen LogP contribution in [0.5, 0.6) is 0 Å². The molecule has 0 radical (unpaired) electrons. The summed E-state index contributed by atoms with van der Waals surface area (Å²) in [4.78, 5) is 0. The molecule has 0 fully saturated rings. The number of anilines is 1. The van der Waals surface area contributed by atoms with E-state index in [9.17, 15) is 12.8 Å². The highest BCUT2D eigenvalue weighted by Crippen LogP contribution is 2.19. The number of hydrogen-bond acceptors (Lipinski definition) is 3. The van der Waals surface area contributed by atoms with Crippen molar-refractivity contribution in [1.82, 2.24) is 5.32 Å². The predicted molar refractivity (Wildman–Crippen MR) is 67.1 cm³/mol. The van der Waals surface area contributed by atoms with Crippen LogP contribution in [0.3, 0.4) is 0 Å². The summed E-state index contributed by atoms with van der Waals surface area (Å²) in [7, 11) is -0.351. The number of sulfonamides is 1. The van der Waals surface area contributed by atoms with E-state index in [1.165, 1.54) is 25.2 Å². The lowest BCUT2D eigenvalue weighted by Crippen LogP contribution is -2.39. The normalized spacial score (nSPS) is 13.4. The van der Waals surface area contributed by atoms with Gasteiger partial charge in [0.1, 0.15) is 5.82 Å². The first kappa shape index (κ1) is 13.9. The molecule has 96 valence electrons. The van der Waals surface area contributed by atoms with Crippen molar-refractivity contribution in [1.29, 1.82) is 0 Å². The highest BCUT2D eigenvalue weighted by Gasteiger charge is 2.25. The molecule has 0 aliphatic rings. The molecule has 1 aromatic carbocycles. The number of halogens is 1. The Kier molecular flexibility index (Phi) is 4.47. The first-order valence-electron chi connectivity index (χ1n) is 5.27. The van der Waals surface area contributed by atoms with Gasteiger partial charge < -0.3 is 5.32 Å². The van der Waals surface area contributed by atoms with Gasteiger partial charge in [-0.2, -0.15) is 0 Å². The molecule has 6 heteroatoms. The van der Waals surface area contributed by atoms with Gasteiger partial charge in [0, 0.05) is 13.6 Å². The van der Waals surface area contributed by atoms with E-state index in [0.29, 0.717) is 12.2 Å². The van der Waals surface area contributed by atoms with Gasteiger partial charge in [0.25, 0.3) is 0 Å². The van der Waals surface area contributed by atoms with Gasteiger partial charge in [-0.1, -0.05) is 6.07 Å². The lowest BCUT2D eigenvalue weighted by atomic mass is 10.3. The van der Waals surface area contributed by atoms with Gasteiger partial charge >= 0.3 is 0 Å². The molecular formula is C11H17FN2O2S. The van der Waals surface area contributed by atoms with E-state index in [4.69, 9.17) is 0 Å². The molecule has 4 nitrogen and oxygen atoms in total. The lowest BCUT2D eigenvalue weighted by Gasteiger charge is -2.23. The van der Waals surface area contributed by atoms with Crippen LogP contribution < -0.4 is 9.62 Å². The molecule has 0 spiro atoms. The minimum Gasteiger partial charge on any atom is -0.318 e. The van der Waals surface area contributed by atoms with Gasteiger partial charge in [-0.3, -0.25) is 4.31 Å². The van der Waals surface area contributed by atoms with Crippen LogP contribution in [0.2, 0.25) is 0 Å². The molecule has 1 unspecified atom stereocenters. The number of hydrogen-bond donors (Lipinski definition) is 1. The van der Waals surface area contributed by atoms with Crippen molar-refractivity contribution in [3.8, 4) is 0 Å². The average Bonchev–Trinajstić information content (AvgIpc) is 2.28. The Labute approximate surface area is 101 Å². The van der Waals surface area contributed by atoms with Crippen LogP contribution in [-0.4, -0.2) is 34.3 Å². The zero-order valence-corrected chi connectivity index (χ0v) is 11.0. The Balaban J connectivity index is 3.00. The second-order valence-corrected chi connectivity index (χ2v) is 6.24. The van der Waals surface area contributed by atoms with E-state index < -0.39 is 21.1 Å². The minimum atomic E-state index is -3.47. The molecule has 1 rings (SSSR count). The summed E-state index contributed by atoms with van der Waals surface area (Å²) >= 11 is 0. The zero-order valence-electron chi connectivity index (χ0n) is 10.1. The minimum absolute atomic E-state index is 0.327. The van der Waals surface area contributed by atoms with Gasteiger partial charge in [0.15, 0.2) is 0 Å². The molecule has 0 saturated heterocycles. The summed E-state index contributed by atoms with van der Waals surface area (Å²) in [6.45, 7) is 1.96. The maximum Gasteiger partial charge on any atom is 0.238 e. The monoisotopic (exact) mass is 260 g/mol. The Bertz CT molecular complexity index is 476. The van der Waals surface area contributed by atoms with Crippen molar-refractivity contribution in [2.24, 2.45) is 0 Å². The number of nitrogens with one attached hydrogen (secondary N) is 1. The second-order valence-electron chi connectivity index (χ2n) is 3.86. The highest BCUT2D eigenvalue weighted by molar-refractivity contribution is 7.93. The molecule has 0 aromatic heterocycles. The fraction of sp³-hybridized carbons (Fsp3) is 0.455. The fourth-order valence-electron chi connectivity index (χ4n) is 1.48. The van der Waals surface area contributed by atoms with E-state index >= 15 is 0 Å². The number of nitrogens with zero attached hydrogens (tertiary/aromatic N) is 1. The van der Waals surface area contributed by atoms with Crippen molar-refractivity contribution in [2.75, 3.05) is 24.9 Å². The predicted octanol–water partition coefficient (Wildman–Crippen LogP) is 1.20. The molecule has 0 aliphatic heterocycles. The first-order chi connectivity index (χ1) is 7.89. The van der Waals surface area contributed by atoms with Gasteiger partial charge in [-0.05, 0) is 32.2 Å². The van der Waals surface area contributed by atoms with Crippen LogP contribution in [0.15, 0.2) is 24.3 Å². The van der Waals surface area contributed by atoms with E-state index in [1.807, 2.05) is 0 Å². The van der Waals surface area contributed by atoms with Crippen LogP contribution in [-0.2, 0) is 10.0 Å². The maximum atomic E-state index is 13.0. The summed E-state index contributed by atoms with van der Waals surface area (Å²) in [6, 6.07) is 5.52. The van der Waals surface area contributed by atoms with Crippen LogP contribution in [0, 0.1) is 5.82 Å². The third kappa shape index (κ3) is 3.17. The first-order valence-corrected chi connectivity index (χ1v) is 6.78. The van der Waals surface area contributed by atoms with Gasteiger partial charge in [-0.25, -0.2) is 12.8 Å². The average molecular weight is 260 g/mol. The quantitative estimate of drug-likeness (QED) is 0.865. The molecule has 0 saturated carbocycles. The van der Waals surface area contributed by atoms with Crippen LogP contribution in [0.4, 0.5) is 10.1 Å². The van der Waals surface area contributed by atoms with Crippen LogP contribution in [0.1, 0.15) is 6.92 Å². The second kappa shape index (κ2) is 5.46. The van der Waals surface area contributed by atoms with Crippen molar-refractivity contribution >= 4 is 15.7 Å². The van der Waals surface area contributed by atoms with Crippen molar-refractivity contribution in [3.05, 3.63) is 30.1 Å². The summed E-state index contributed by atoms with van der Waals surface area (Å²) in [6.07, 6.45) is 0. The SMILES string of the molecule is CNCC(C)S(=O)(=O)N(C)c1cccc(F)c1. The van der Waals surface area contributed by atoms with Crippen LogP contribution >= 0.6 is 0 Å². The Morgan fingerprint density at radius 1 is 1.47 bits per heavy atom. The van der Waals surface area contributed by atoms with E-state index in [-0.39, 0.29) is 0 Å². The molecule has 0 aliphatic carbocycles. The van der Waals surface area contributed by atoms with Crippen molar-refractivity contribution < 1.29 is 12.8 Å². The third-order valence-corrected chi connectivity index (χ3v) is 4.71. The van der Waals surface area contributed by atoms with E-state index in [0.717, 1.165) is 4.31 Å². The molecule has 0 amide bonds. The van der Waals surface area contributed by atoms with Gasteiger partial charge in [-0.15, -0.1) is 0 Å². The maximum absolute atomic E-state index is 13.0. The smallest absolute Gasteiger partial charge is 0.238 e. The summed E-state index contributed by atoms with van der Waals surface area (Å²) in [5, 5.41) is 2.24. The third-order valence-electron chi connectivity index (χ3n) is 2.55. The molecule has 1 N–H and O–H groups in total. The summed E-state index contributed by atoms with van der Waals surface area (Å²) < 4.78 is 38.3. The van der Waals surface area contributed by atoms with E-state index in [2.05, 4.69) is 5.32 Å². The molecule has 1 atom stereocenters. The molecular weight excluding hydrogens is 243 g/mol. The Morgan fingerprint density at radius 2 is 2.12 bits per heavy atom. The largest absolute Gasteiger partial charge is 0.318 e. The molecule has 1 aromatic rings. The zero-order chi connectivity index (χ0) is 13.1. The van der Waals surface area contributed by atoms with Crippen molar-refractivity contribution in [2.45, 2.75) is 12.2 Å². The standard InChI is InChI=1S/C11H17FN2O2S/c1-9(8-13-2)17(15,16)14(3)11-6-4-5-10(12)7-11/h4-7,9,13H,8H2,1-3H3. The molecule has 0 bridgehead atoms. The summed E-state index contributed by atoms with van der Waals surface area (Å²) in [5.41, 5.74) is 0.327. The lowest BCUT2D eigenvalue weighted by molar-refractivity contribution is 0.576. The van der Waals surface area contributed by atoms with Gasteiger partial charge in [0.05, 0.1) is 10.9 Å². The van der Waals surface area contributed by atoms with Gasteiger partial charge in [0.2, 0.25) is 10.0 Å². The molecule has 0 heterocycles. The fourth-order valence-corrected chi connectivity index (χ4v) is 2.81. The number of benzene rings is 1. The summed E-state index contributed by atoms with van der Waals surface area (Å²) in [5.74, 6) is -0.453. The highest BCUT2D eigenvalue weighted by atomic mass is 32.2.